The topological polar surface area (TPSA) is 35.5 Å². The van der Waals surface area contributed by atoms with Crippen LogP contribution >= 0.6 is 0 Å². The molecule has 0 bridgehead atoms. The van der Waals surface area contributed by atoms with Gasteiger partial charge in [-0.1, -0.05) is 12.1 Å². The fraction of sp³-hybridized carbons (Fsp3) is 0.625. The molecule has 1 aromatic carbocycles. The summed E-state index contributed by atoms with van der Waals surface area (Å²) in [7, 11) is 1.95. The first-order valence-electron chi connectivity index (χ1n) is 7.49. The monoisotopic (exact) mass is 280 g/mol. The summed E-state index contributed by atoms with van der Waals surface area (Å²) in [5, 5.41) is 12.6. The zero-order valence-electron chi connectivity index (χ0n) is 12.2. The minimum atomic E-state index is -0.189. The highest BCUT2D eigenvalue weighted by Crippen LogP contribution is 2.20. The average Bonchev–Trinajstić information content (AvgIpc) is 2.50. The Balaban J connectivity index is 1.85. The van der Waals surface area contributed by atoms with Crippen LogP contribution in [0.15, 0.2) is 24.3 Å². The van der Waals surface area contributed by atoms with E-state index >= 15 is 0 Å². The molecule has 1 aromatic rings. The van der Waals surface area contributed by atoms with Gasteiger partial charge < -0.3 is 15.3 Å². The number of aliphatic hydroxyl groups excluding tert-OH is 1. The van der Waals surface area contributed by atoms with Crippen molar-refractivity contribution < 1.29 is 9.50 Å². The molecule has 0 aliphatic carbocycles. The molecule has 112 valence electrons. The Hall–Kier alpha value is -0.970. The molecule has 2 unspecified atom stereocenters. The number of hydrogen-bond acceptors (Lipinski definition) is 3. The van der Waals surface area contributed by atoms with E-state index in [9.17, 15) is 9.50 Å². The first-order chi connectivity index (χ1) is 9.72. The maximum atomic E-state index is 13.0. The van der Waals surface area contributed by atoms with Crippen molar-refractivity contribution in [2.45, 2.75) is 25.3 Å². The van der Waals surface area contributed by atoms with Gasteiger partial charge in [0.25, 0.3) is 0 Å². The third-order valence-corrected chi connectivity index (χ3v) is 4.22. The zero-order chi connectivity index (χ0) is 14.4. The predicted octanol–water partition coefficient (Wildman–Crippen LogP) is 2.18. The molecular formula is C16H25FN2O. The van der Waals surface area contributed by atoms with Crippen molar-refractivity contribution in [3.05, 3.63) is 35.6 Å². The fourth-order valence-electron chi connectivity index (χ4n) is 2.99. The summed E-state index contributed by atoms with van der Waals surface area (Å²) < 4.78 is 13.0. The largest absolute Gasteiger partial charge is 0.396 e. The normalized spacial score (nSPS) is 21.9. The van der Waals surface area contributed by atoms with E-state index in [2.05, 4.69) is 10.2 Å². The molecule has 1 heterocycles. The van der Waals surface area contributed by atoms with E-state index in [0.29, 0.717) is 12.5 Å². The maximum absolute atomic E-state index is 13.0. The van der Waals surface area contributed by atoms with Crippen molar-refractivity contribution in [1.29, 1.82) is 0 Å². The number of piperidine rings is 1. The van der Waals surface area contributed by atoms with Gasteiger partial charge >= 0.3 is 0 Å². The number of halogens is 1. The number of rotatable bonds is 6. The lowest BCUT2D eigenvalue weighted by Gasteiger charge is -2.32. The molecule has 4 heteroatoms. The Morgan fingerprint density at radius 3 is 2.80 bits per heavy atom. The molecule has 20 heavy (non-hydrogen) atoms. The van der Waals surface area contributed by atoms with Crippen LogP contribution in [0, 0.1) is 11.7 Å². The van der Waals surface area contributed by atoms with Gasteiger partial charge in [-0.05, 0) is 63.0 Å². The minimum absolute atomic E-state index is 0.189. The van der Waals surface area contributed by atoms with Crippen molar-refractivity contribution in [3.63, 3.8) is 0 Å². The van der Waals surface area contributed by atoms with E-state index in [1.165, 1.54) is 18.6 Å². The third-order valence-electron chi connectivity index (χ3n) is 4.22. The van der Waals surface area contributed by atoms with Crippen LogP contribution in [0.5, 0.6) is 0 Å². The molecule has 0 saturated carbocycles. The molecule has 1 fully saturated rings. The van der Waals surface area contributed by atoms with E-state index in [1.54, 1.807) is 0 Å². The number of nitrogens with one attached hydrogen (secondary N) is 1. The Kier molecular flexibility index (Phi) is 5.95. The van der Waals surface area contributed by atoms with Crippen LogP contribution in [0.4, 0.5) is 4.39 Å². The third kappa shape index (κ3) is 4.27. The van der Waals surface area contributed by atoms with Gasteiger partial charge in [0.1, 0.15) is 5.82 Å². The highest BCUT2D eigenvalue weighted by Gasteiger charge is 2.20. The summed E-state index contributed by atoms with van der Waals surface area (Å²) in [6.07, 6.45) is 3.31. The second kappa shape index (κ2) is 7.72. The van der Waals surface area contributed by atoms with Crippen molar-refractivity contribution in [2.24, 2.45) is 5.92 Å². The molecule has 0 spiro atoms. The number of hydrogen-bond donors (Lipinski definition) is 2. The van der Waals surface area contributed by atoms with Crippen LogP contribution in [0.25, 0.3) is 0 Å². The van der Waals surface area contributed by atoms with Gasteiger partial charge in [-0.3, -0.25) is 0 Å². The van der Waals surface area contributed by atoms with Gasteiger partial charge in [0, 0.05) is 19.2 Å². The first-order valence-corrected chi connectivity index (χ1v) is 7.49. The van der Waals surface area contributed by atoms with Crippen LogP contribution < -0.4 is 5.32 Å². The van der Waals surface area contributed by atoms with Crippen LogP contribution in [0.1, 0.15) is 30.9 Å². The Morgan fingerprint density at radius 1 is 1.40 bits per heavy atom. The Bertz CT molecular complexity index is 396. The zero-order valence-corrected chi connectivity index (χ0v) is 12.2. The summed E-state index contributed by atoms with van der Waals surface area (Å²) >= 11 is 0. The fourth-order valence-corrected chi connectivity index (χ4v) is 2.99. The van der Waals surface area contributed by atoms with Crippen molar-refractivity contribution in [2.75, 3.05) is 33.3 Å². The van der Waals surface area contributed by atoms with E-state index < -0.39 is 0 Å². The van der Waals surface area contributed by atoms with Crippen LogP contribution in [0.2, 0.25) is 0 Å². The molecule has 2 atom stereocenters. The van der Waals surface area contributed by atoms with Gasteiger partial charge in [-0.15, -0.1) is 0 Å². The van der Waals surface area contributed by atoms with E-state index in [4.69, 9.17) is 0 Å². The Morgan fingerprint density at radius 2 is 2.15 bits per heavy atom. The SMILES string of the molecule is CNC(CCN1CCCC(CO)C1)c1ccc(F)cc1. The summed E-state index contributed by atoms with van der Waals surface area (Å²) in [6, 6.07) is 6.99. The molecule has 1 aliphatic rings. The smallest absolute Gasteiger partial charge is 0.123 e. The molecule has 1 saturated heterocycles. The van der Waals surface area contributed by atoms with Crippen LogP contribution in [-0.2, 0) is 0 Å². The highest BCUT2D eigenvalue weighted by molar-refractivity contribution is 5.19. The molecule has 3 nitrogen and oxygen atoms in total. The number of likely N-dealkylation sites (tertiary alicyclic amines) is 1. The lowest BCUT2D eigenvalue weighted by Crippen LogP contribution is -2.38. The molecule has 2 N–H and O–H groups in total. The standard InChI is InChI=1S/C16H25FN2O/c1-18-16(14-4-6-15(17)7-5-14)8-10-19-9-2-3-13(11-19)12-20/h4-7,13,16,18,20H,2-3,8-12H2,1H3. The highest BCUT2D eigenvalue weighted by atomic mass is 19.1. The van der Waals surface area contributed by atoms with Crippen molar-refractivity contribution in [1.82, 2.24) is 10.2 Å². The molecule has 0 aromatic heterocycles. The number of benzene rings is 1. The first kappa shape index (κ1) is 15.4. The van der Waals surface area contributed by atoms with Gasteiger partial charge in [-0.25, -0.2) is 4.39 Å². The van der Waals surface area contributed by atoms with Crippen molar-refractivity contribution in [3.8, 4) is 0 Å². The molecular weight excluding hydrogens is 255 g/mol. The minimum Gasteiger partial charge on any atom is -0.396 e. The lowest BCUT2D eigenvalue weighted by molar-refractivity contribution is 0.117. The van der Waals surface area contributed by atoms with E-state index in [0.717, 1.165) is 38.0 Å². The lowest BCUT2D eigenvalue weighted by atomic mass is 9.98. The molecule has 0 amide bonds. The predicted molar refractivity (Wildman–Crippen MR) is 79.1 cm³/mol. The quantitative estimate of drug-likeness (QED) is 0.838. The van der Waals surface area contributed by atoms with Gasteiger partial charge in [0.2, 0.25) is 0 Å². The number of aliphatic hydroxyl groups is 1. The molecule has 0 radical (unpaired) electrons. The summed E-state index contributed by atoms with van der Waals surface area (Å²) in [5.74, 6) is 0.244. The van der Waals surface area contributed by atoms with Crippen LogP contribution in [0.3, 0.4) is 0 Å². The molecule has 1 aliphatic heterocycles. The van der Waals surface area contributed by atoms with Gasteiger partial charge in [0.15, 0.2) is 0 Å². The van der Waals surface area contributed by atoms with E-state index in [1.807, 2.05) is 19.2 Å². The second-order valence-corrected chi connectivity index (χ2v) is 5.67. The average molecular weight is 280 g/mol. The number of nitrogens with zero attached hydrogens (tertiary/aromatic N) is 1. The van der Waals surface area contributed by atoms with Crippen LogP contribution in [-0.4, -0.2) is 43.3 Å². The van der Waals surface area contributed by atoms with Gasteiger partial charge in [-0.2, -0.15) is 0 Å². The molecule has 2 rings (SSSR count). The second-order valence-electron chi connectivity index (χ2n) is 5.67. The Labute approximate surface area is 120 Å². The van der Waals surface area contributed by atoms with E-state index in [-0.39, 0.29) is 11.9 Å². The van der Waals surface area contributed by atoms with Gasteiger partial charge in [0.05, 0.1) is 0 Å². The summed E-state index contributed by atoms with van der Waals surface area (Å²) in [4.78, 5) is 2.43. The summed E-state index contributed by atoms with van der Waals surface area (Å²) in [5.41, 5.74) is 1.13. The summed E-state index contributed by atoms with van der Waals surface area (Å²) in [6.45, 7) is 3.43. The van der Waals surface area contributed by atoms with Crippen molar-refractivity contribution >= 4 is 0 Å². The maximum Gasteiger partial charge on any atom is 0.123 e.